The molecule has 0 aliphatic carbocycles. The number of terminal acetylenes is 1. The number of carbonyl (C=O) groups is 1. The first-order valence-electron chi connectivity index (χ1n) is 3.48. The van der Waals surface area contributed by atoms with Gasteiger partial charge in [0.05, 0.1) is 0 Å². The highest BCUT2D eigenvalue weighted by atomic mass is 16.5. The third kappa shape index (κ3) is 1.99. The Morgan fingerprint density at radius 3 is 3.08 bits per heavy atom. The van der Waals surface area contributed by atoms with Crippen LogP contribution in [0.15, 0.2) is 6.07 Å². The molecule has 68 valence electrons. The number of carboxylic acids is 1. The molecule has 1 aromatic heterocycles. The van der Waals surface area contributed by atoms with Gasteiger partial charge in [-0.1, -0.05) is 5.92 Å². The molecule has 0 aliphatic rings. The molecule has 1 aromatic rings. The summed E-state index contributed by atoms with van der Waals surface area (Å²) in [6.07, 6.45) is 4.96. The van der Waals surface area contributed by atoms with E-state index in [0.717, 1.165) is 0 Å². The van der Waals surface area contributed by atoms with Crippen LogP contribution < -0.4 is 4.74 Å². The highest BCUT2D eigenvalue weighted by Crippen LogP contribution is 2.10. The van der Waals surface area contributed by atoms with Crippen LogP contribution in [-0.2, 0) is 7.05 Å². The second-order valence-electron chi connectivity index (χ2n) is 2.29. The Kier molecular flexibility index (Phi) is 2.55. The van der Waals surface area contributed by atoms with Gasteiger partial charge in [-0.2, -0.15) is 0 Å². The van der Waals surface area contributed by atoms with E-state index >= 15 is 0 Å². The number of aromatic nitrogens is 2. The normalized spacial score (nSPS) is 9.23. The van der Waals surface area contributed by atoms with E-state index in [1.807, 2.05) is 0 Å². The first-order valence-corrected chi connectivity index (χ1v) is 3.48. The Bertz CT molecular complexity index is 362. The van der Waals surface area contributed by atoms with Crippen LogP contribution in [0.5, 0.6) is 5.88 Å². The molecule has 1 N–H and O–H groups in total. The summed E-state index contributed by atoms with van der Waals surface area (Å²) in [5.41, 5.74) is 0.0621. The second kappa shape index (κ2) is 3.63. The molecule has 1 heterocycles. The van der Waals surface area contributed by atoms with Crippen molar-refractivity contribution in [2.24, 2.45) is 7.05 Å². The number of hydrogen-bond donors (Lipinski definition) is 1. The van der Waals surface area contributed by atoms with Gasteiger partial charge >= 0.3 is 5.97 Å². The molecular weight excluding hydrogens is 172 g/mol. The maximum atomic E-state index is 10.6. The van der Waals surface area contributed by atoms with E-state index in [-0.39, 0.29) is 18.2 Å². The van der Waals surface area contributed by atoms with Crippen LogP contribution in [-0.4, -0.2) is 27.5 Å². The molecule has 0 atom stereocenters. The molecule has 5 nitrogen and oxygen atoms in total. The van der Waals surface area contributed by atoms with Crippen LogP contribution in [0.3, 0.4) is 0 Å². The fourth-order valence-electron chi connectivity index (χ4n) is 0.827. The minimum absolute atomic E-state index is 0.0621. The molecule has 0 amide bonds. The topological polar surface area (TPSA) is 64.3 Å². The number of ether oxygens (including phenoxy) is 1. The number of aryl methyl sites for hydroxylation is 1. The number of rotatable bonds is 3. The van der Waals surface area contributed by atoms with Gasteiger partial charge in [0, 0.05) is 13.1 Å². The zero-order valence-corrected chi connectivity index (χ0v) is 7.02. The van der Waals surface area contributed by atoms with Crippen molar-refractivity contribution in [2.45, 2.75) is 0 Å². The van der Waals surface area contributed by atoms with Crippen molar-refractivity contribution in [1.29, 1.82) is 0 Å². The van der Waals surface area contributed by atoms with Gasteiger partial charge in [0.15, 0.2) is 6.61 Å². The highest BCUT2D eigenvalue weighted by molar-refractivity contribution is 5.85. The molecule has 0 radical (unpaired) electrons. The lowest BCUT2D eigenvalue weighted by Gasteiger charge is -1.93. The summed E-state index contributed by atoms with van der Waals surface area (Å²) in [7, 11) is 1.52. The first kappa shape index (κ1) is 9.13. The van der Waals surface area contributed by atoms with E-state index < -0.39 is 5.97 Å². The zero-order valence-electron chi connectivity index (χ0n) is 7.02. The number of nitrogens with zero attached hydrogens (tertiary/aromatic N) is 2. The van der Waals surface area contributed by atoms with Crippen LogP contribution in [0.25, 0.3) is 0 Å². The summed E-state index contributed by atoms with van der Waals surface area (Å²) < 4.78 is 6.15. The van der Waals surface area contributed by atoms with Gasteiger partial charge in [0.2, 0.25) is 5.88 Å². The van der Waals surface area contributed by atoms with Crippen molar-refractivity contribution < 1.29 is 14.6 Å². The molecule has 0 aliphatic heterocycles. The lowest BCUT2D eigenvalue weighted by molar-refractivity contribution is 0.0685. The molecule has 0 fully saturated rings. The number of aromatic carboxylic acids is 1. The van der Waals surface area contributed by atoms with Crippen LogP contribution in [0, 0.1) is 12.3 Å². The Morgan fingerprint density at radius 1 is 1.92 bits per heavy atom. The van der Waals surface area contributed by atoms with Gasteiger partial charge in [-0.25, -0.2) is 4.79 Å². The van der Waals surface area contributed by atoms with Crippen molar-refractivity contribution in [3.8, 4) is 18.2 Å². The van der Waals surface area contributed by atoms with E-state index in [4.69, 9.17) is 16.3 Å². The van der Waals surface area contributed by atoms with Crippen molar-refractivity contribution in [1.82, 2.24) is 9.78 Å². The Morgan fingerprint density at radius 2 is 2.62 bits per heavy atom. The molecule has 0 saturated heterocycles. The fourth-order valence-corrected chi connectivity index (χ4v) is 0.827. The summed E-state index contributed by atoms with van der Waals surface area (Å²) in [6, 6.07) is 1.32. The Balaban J connectivity index is 2.84. The van der Waals surface area contributed by atoms with E-state index in [1.165, 1.54) is 17.8 Å². The summed E-state index contributed by atoms with van der Waals surface area (Å²) in [4.78, 5) is 10.6. The van der Waals surface area contributed by atoms with Crippen molar-refractivity contribution in [3.63, 3.8) is 0 Å². The average molecular weight is 180 g/mol. The minimum Gasteiger partial charge on any atom is -0.477 e. The van der Waals surface area contributed by atoms with Crippen LogP contribution in [0.4, 0.5) is 0 Å². The maximum absolute atomic E-state index is 10.6. The average Bonchev–Trinajstić information content (AvgIpc) is 2.43. The largest absolute Gasteiger partial charge is 0.477 e. The molecule has 5 heteroatoms. The van der Waals surface area contributed by atoms with E-state index in [9.17, 15) is 4.79 Å². The Labute approximate surface area is 74.9 Å². The molecular formula is C8H8N2O3. The smallest absolute Gasteiger partial charge is 0.354 e. The van der Waals surface area contributed by atoms with Crippen molar-refractivity contribution in [3.05, 3.63) is 11.8 Å². The third-order valence-corrected chi connectivity index (χ3v) is 1.38. The summed E-state index contributed by atoms with van der Waals surface area (Å²) in [5, 5.41) is 12.4. The molecule has 1 rings (SSSR count). The molecule has 13 heavy (non-hydrogen) atoms. The van der Waals surface area contributed by atoms with E-state index in [2.05, 4.69) is 11.0 Å². The zero-order chi connectivity index (χ0) is 9.84. The monoisotopic (exact) mass is 180 g/mol. The SMILES string of the molecule is C#CCOc1cc(C(=O)O)n(C)n1. The van der Waals surface area contributed by atoms with E-state index in [0.29, 0.717) is 0 Å². The first-order chi connectivity index (χ1) is 6.15. The predicted molar refractivity (Wildman–Crippen MR) is 44.5 cm³/mol. The van der Waals surface area contributed by atoms with Crippen molar-refractivity contribution >= 4 is 5.97 Å². The van der Waals surface area contributed by atoms with Gasteiger partial charge in [-0.15, -0.1) is 11.5 Å². The lowest BCUT2D eigenvalue weighted by atomic mass is 10.4. The molecule has 0 aromatic carbocycles. The summed E-state index contributed by atoms with van der Waals surface area (Å²) in [5.74, 6) is 1.43. The lowest BCUT2D eigenvalue weighted by Crippen LogP contribution is -2.04. The van der Waals surface area contributed by atoms with Gasteiger partial charge in [0.25, 0.3) is 0 Å². The second-order valence-corrected chi connectivity index (χ2v) is 2.29. The predicted octanol–water partition coefficient (Wildman–Crippen LogP) is 0.130. The summed E-state index contributed by atoms with van der Waals surface area (Å²) in [6.45, 7) is 0.0794. The highest BCUT2D eigenvalue weighted by Gasteiger charge is 2.11. The van der Waals surface area contributed by atoms with Crippen LogP contribution >= 0.6 is 0 Å². The van der Waals surface area contributed by atoms with Crippen LogP contribution in [0.2, 0.25) is 0 Å². The molecule has 0 saturated carbocycles. The summed E-state index contributed by atoms with van der Waals surface area (Å²) >= 11 is 0. The van der Waals surface area contributed by atoms with Crippen molar-refractivity contribution in [2.75, 3.05) is 6.61 Å². The molecule has 0 spiro atoms. The molecule has 0 bridgehead atoms. The number of hydrogen-bond acceptors (Lipinski definition) is 3. The van der Waals surface area contributed by atoms with E-state index in [1.54, 1.807) is 0 Å². The van der Waals surface area contributed by atoms with Gasteiger partial charge in [-0.05, 0) is 0 Å². The van der Waals surface area contributed by atoms with Gasteiger partial charge in [0.1, 0.15) is 5.69 Å². The number of carboxylic acid groups (broad SMARTS) is 1. The Hall–Kier alpha value is -1.96. The quantitative estimate of drug-likeness (QED) is 0.671. The fraction of sp³-hybridized carbons (Fsp3) is 0.250. The minimum atomic E-state index is -1.05. The van der Waals surface area contributed by atoms with Gasteiger partial charge in [-0.3, -0.25) is 4.68 Å². The van der Waals surface area contributed by atoms with Crippen LogP contribution in [0.1, 0.15) is 10.5 Å². The standard InChI is InChI=1S/C8H8N2O3/c1-3-4-13-7-5-6(8(11)12)10(2)9-7/h1,5H,4H2,2H3,(H,11,12). The van der Waals surface area contributed by atoms with Gasteiger partial charge < -0.3 is 9.84 Å². The third-order valence-electron chi connectivity index (χ3n) is 1.38. The maximum Gasteiger partial charge on any atom is 0.354 e. The molecule has 0 unspecified atom stereocenters.